The summed E-state index contributed by atoms with van der Waals surface area (Å²) in [4.78, 5) is 77.4. The third-order valence-electron chi connectivity index (χ3n) is 6.51. The monoisotopic (exact) mass is 611 g/mol. The number of nitrogens with zero attached hydrogens (tertiary/aromatic N) is 1. The SMILES string of the molecule is CC(=O)N[C@@H](Cc1ccc(O)cc1)C(=O)N[C@H]1CSSC[C@@H](C(=O)O)NC(=O)[C@@H]2CCCN2C(=O)[C@H](CO)NC1=O. The molecule has 1 aromatic rings. The van der Waals surface area contributed by atoms with E-state index in [-0.39, 0.29) is 30.2 Å². The first-order valence-corrected chi connectivity index (χ1v) is 15.3. The Bertz CT molecular complexity index is 1150. The standard InChI is InChI=1S/C25H33N5O9S2/c1-13(32)26-16(9-14-4-6-15(33)7-5-14)21(34)28-18-11-40-41-12-19(25(38)39)29-23(36)20-3-2-8-30(20)24(37)17(10-31)27-22(18)35/h4-7,16-20,31,33H,2-3,8-12H2,1H3,(H,26,32)(H,27,35)(H,28,34)(H,29,36)(H,38,39)/t16-,17-,18-,19-,20-/m0/s1. The molecule has 2 aliphatic rings. The number of fused-ring (bicyclic) bond motifs is 1. The summed E-state index contributed by atoms with van der Waals surface area (Å²) in [6.07, 6.45) is 0.820. The van der Waals surface area contributed by atoms with Gasteiger partial charge >= 0.3 is 5.97 Å². The van der Waals surface area contributed by atoms with Crippen molar-refractivity contribution in [3.8, 4) is 5.75 Å². The molecule has 2 heterocycles. The summed E-state index contributed by atoms with van der Waals surface area (Å²) in [5, 5.41) is 39.1. The summed E-state index contributed by atoms with van der Waals surface area (Å²) in [6.45, 7) is 0.644. The highest BCUT2D eigenvalue weighted by atomic mass is 33.1. The Morgan fingerprint density at radius 2 is 1.76 bits per heavy atom. The minimum atomic E-state index is -1.41. The highest BCUT2D eigenvalue weighted by Gasteiger charge is 2.40. The lowest BCUT2D eigenvalue weighted by Crippen LogP contribution is -2.60. The predicted molar refractivity (Wildman–Crippen MR) is 150 cm³/mol. The van der Waals surface area contributed by atoms with E-state index in [1.165, 1.54) is 24.0 Å². The molecule has 0 radical (unpaired) electrons. The number of benzene rings is 1. The molecule has 16 heteroatoms. The number of hydrogen-bond acceptors (Lipinski definition) is 10. The molecule has 5 amide bonds. The number of carbonyl (C=O) groups excluding carboxylic acids is 5. The Morgan fingerprint density at radius 3 is 2.39 bits per heavy atom. The van der Waals surface area contributed by atoms with E-state index in [4.69, 9.17) is 0 Å². The molecular formula is C25H33N5O9S2. The average Bonchev–Trinajstić information content (AvgIpc) is 3.42. The van der Waals surface area contributed by atoms with Crippen LogP contribution in [0.25, 0.3) is 0 Å². The second-order valence-corrected chi connectivity index (χ2v) is 12.1. The highest BCUT2D eigenvalue weighted by molar-refractivity contribution is 8.76. The van der Waals surface area contributed by atoms with E-state index < -0.39 is 72.3 Å². The third kappa shape index (κ3) is 8.99. The molecule has 7 N–H and O–H groups in total. The maximum absolute atomic E-state index is 13.3. The fourth-order valence-corrected chi connectivity index (χ4v) is 6.73. The number of nitrogens with one attached hydrogen (secondary N) is 4. The van der Waals surface area contributed by atoms with Crippen LogP contribution in [0.4, 0.5) is 0 Å². The molecule has 14 nitrogen and oxygen atoms in total. The molecule has 1 aromatic carbocycles. The van der Waals surface area contributed by atoms with Gasteiger partial charge in [0.1, 0.15) is 36.0 Å². The molecule has 0 bridgehead atoms. The maximum Gasteiger partial charge on any atom is 0.327 e. The van der Waals surface area contributed by atoms with Gasteiger partial charge in [0.15, 0.2) is 0 Å². The molecule has 2 saturated heterocycles. The quantitative estimate of drug-likeness (QED) is 0.174. The van der Waals surface area contributed by atoms with Crippen LogP contribution in [0.1, 0.15) is 25.3 Å². The fourth-order valence-electron chi connectivity index (χ4n) is 4.41. The molecule has 3 rings (SSSR count). The summed E-state index contributed by atoms with van der Waals surface area (Å²) in [5.74, 6) is -4.65. The zero-order valence-corrected chi connectivity index (χ0v) is 23.8. The zero-order chi connectivity index (χ0) is 30.1. The van der Waals surface area contributed by atoms with Crippen molar-refractivity contribution in [1.82, 2.24) is 26.2 Å². The Hall–Kier alpha value is -3.50. The summed E-state index contributed by atoms with van der Waals surface area (Å²) in [6, 6.07) is 0.0969. The molecule has 0 unspecified atom stereocenters. The first-order valence-electron chi connectivity index (χ1n) is 12.8. The van der Waals surface area contributed by atoms with Gasteiger partial charge in [-0.05, 0) is 30.5 Å². The van der Waals surface area contributed by atoms with Crippen molar-refractivity contribution >= 4 is 57.1 Å². The topological polar surface area (TPSA) is 214 Å². The molecule has 5 atom stereocenters. The fraction of sp³-hybridized carbons (Fsp3) is 0.520. The predicted octanol–water partition coefficient (Wildman–Crippen LogP) is -1.64. The lowest BCUT2D eigenvalue weighted by molar-refractivity contribution is -0.145. The first kappa shape index (κ1) is 32.0. The lowest BCUT2D eigenvalue weighted by Gasteiger charge is -2.30. The van der Waals surface area contributed by atoms with Gasteiger partial charge in [-0.3, -0.25) is 24.0 Å². The van der Waals surface area contributed by atoms with Crippen molar-refractivity contribution < 1.29 is 44.1 Å². The number of carbonyl (C=O) groups is 6. The van der Waals surface area contributed by atoms with E-state index in [1.54, 1.807) is 12.1 Å². The number of carboxylic acid groups (broad SMARTS) is 1. The van der Waals surface area contributed by atoms with Crippen LogP contribution in [0.2, 0.25) is 0 Å². The summed E-state index contributed by atoms with van der Waals surface area (Å²) in [5.41, 5.74) is 0.630. The number of phenols is 1. The summed E-state index contributed by atoms with van der Waals surface area (Å²) < 4.78 is 0. The van der Waals surface area contributed by atoms with Gasteiger partial charge in [-0.25, -0.2) is 4.79 Å². The smallest absolute Gasteiger partial charge is 0.327 e. The van der Waals surface area contributed by atoms with Crippen molar-refractivity contribution in [1.29, 1.82) is 0 Å². The largest absolute Gasteiger partial charge is 0.508 e. The van der Waals surface area contributed by atoms with Gasteiger partial charge < -0.3 is 41.5 Å². The lowest BCUT2D eigenvalue weighted by atomic mass is 10.0. The number of aliphatic hydroxyl groups is 1. The van der Waals surface area contributed by atoms with E-state index in [0.717, 1.165) is 21.6 Å². The van der Waals surface area contributed by atoms with Crippen LogP contribution in [0.5, 0.6) is 5.75 Å². The van der Waals surface area contributed by atoms with Gasteiger partial charge in [-0.15, -0.1) is 0 Å². The number of aromatic hydroxyl groups is 1. The Labute approximate surface area is 243 Å². The van der Waals surface area contributed by atoms with E-state index in [1.807, 2.05) is 0 Å². The van der Waals surface area contributed by atoms with Crippen LogP contribution in [0.15, 0.2) is 24.3 Å². The molecule has 0 saturated carbocycles. The number of aliphatic carboxylic acids is 1. The number of phenolic OH excluding ortho intramolecular Hbond substituents is 1. The second kappa shape index (κ2) is 14.9. The van der Waals surface area contributed by atoms with Crippen LogP contribution >= 0.6 is 21.6 Å². The molecule has 0 aliphatic carbocycles. The number of aliphatic hydroxyl groups excluding tert-OH is 1. The molecule has 224 valence electrons. The minimum absolute atomic E-state index is 0.0261. The summed E-state index contributed by atoms with van der Waals surface area (Å²) >= 11 is 0. The molecule has 2 fully saturated rings. The van der Waals surface area contributed by atoms with Gasteiger partial charge in [0.25, 0.3) is 0 Å². The maximum atomic E-state index is 13.3. The summed E-state index contributed by atoms with van der Waals surface area (Å²) in [7, 11) is 2.14. The van der Waals surface area contributed by atoms with E-state index in [9.17, 15) is 44.1 Å². The van der Waals surface area contributed by atoms with Gasteiger partial charge in [0.2, 0.25) is 29.5 Å². The van der Waals surface area contributed by atoms with Gasteiger partial charge in [-0.2, -0.15) is 0 Å². The van der Waals surface area contributed by atoms with Gasteiger partial charge in [-0.1, -0.05) is 33.7 Å². The van der Waals surface area contributed by atoms with Crippen LogP contribution in [-0.2, 0) is 35.2 Å². The number of hydrogen-bond donors (Lipinski definition) is 7. The average molecular weight is 612 g/mol. The second-order valence-electron chi connectivity index (χ2n) is 9.59. The van der Waals surface area contributed by atoms with Crippen molar-refractivity contribution in [3.05, 3.63) is 29.8 Å². The van der Waals surface area contributed by atoms with E-state index in [2.05, 4.69) is 21.3 Å². The number of rotatable bonds is 7. The normalized spacial score (nSPS) is 24.7. The van der Waals surface area contributed by atoms with Gasteiger partial charge in [0, 0.05) is 31.4 Å². The van der Waals surface area contributed by atoms with Crippen LogP contribution in [0, 0.1) is 0 Å². The molecule has 2 aliphatic heterocycles. The first-order chi connectivity index (χ1) is 19.5. The molecule has 0 spiro atoms. The van der Waals surface area contributed by atoms with Crippen LogP contribution < -0.4 is 21.3 Å². The number of carboxylic acids is 1. The minimum Gasteiger partial charge on any atom is -0.508 e. The van der Waals surface area contributed by atoms with Crippen LogP contribution in [0.3, 0.4) is 0 Å². The Balaban J connectivity index is 1.83. The molecular weight excluding hydrogens is 578 g/mol. The number of amides is 5. The van der Waals surface area contributed by atoms with Crippen LogP contribution in [-0.4, -0.2) is 111 Å². The Kier molecular flexibility index (Phi) is 11.7. The zero-order valence-electron chi connectivity index (χ0n) is 22.2. The van der Waals surface area contributed by atoms with E-state index in [0.29, 0.717) is 18.4 Å². The van der Waals surface area contributed by atoms with Crippen molar-refractivity contribution in [3.63, 3.8) is 0 Å². The third-order valence-corrected chi connectivity index (χ3v) is 8.93. The van der Waals surface area contributed by atoms with Gasteiger partial charge in [0.05, 0.1) is 6.61 Å². The van der Waals surface area contributed by atoms with Crippen molar-refractivity contribution in [2.45, 2.75) is 56.4 Å². The molecule has 0 aromatic heterocycles. The van der Waals surface area contributed by atoms with Crippen molar-refractivity contribution in [2.24, 2.45) is 0 Å². The molecule has 41 heavy (non-hydrogen) atoms. The Morgan fingerprint density at radius 1 is 1.07 bits per heavy atom. The van der Waals surface area contributed by atoms with E-state index >= 15 is 0 Å². The highest BCUT2D eigenvalue weighted by Crippen LogP contribution is 2.25. The van der Waals surface area contributed by atoms with Crippen molar-refractivity contribution in [2.75, 3.05) is 24.7 Å².